The first kappa shape index (κ1) is 18.6. The number of rotatable bonds is 5. The van der Waals surface area contributed by atoms with E-state index in [1.165, 1.54) is 37.4 Å². The minimum absolute atomic E-state index is 0.0445. The van der Waals surface area contributed by atoms with Crippen LogP contribution >= 0.6 is 23.2 Å². The van der Waals surface area contributed by atoms with E-state index in [0.717, 1.165) is 9.87 Å². The third kappa shape index (κ3) is 4.01. The first-order valence-electron chi connectivity index (χ1n) is 6.87. The number of carbonyl (C=O) groups excluding carboxylic acids is 1. The van der Waals surface area contributed by atoms with Gasteiger partial charge in [-0.25, -0.2) is 8.42 Å². The van der Waals surface area contributed by atoms with Gasteiger partial charge in [0.15, 0.2) is 0 Å². The summed E-state index contributed by atoms with van der Waals surface area (Å²) in [5.41, 5.74) is 1.06. The lowest BCUT2D eigenvalue weighted by atomic mass is 10.2. The highest BCUT2D eigenvalue weighted by molar-refractivity contribution is 7.92. The number of benzene rings is 2. The van der Waals surface area contributed by atoms with Crippen LogP contribution in [0.1, 0.15) is 5.56 Å². The van der Waals surface area contributed by atoms with Crippen molar-refractivity contribution >= 4 is 44.9 Å². The van der Waals surface area contributed by atoms with E-state index < -0.39 is 22.5 Å². The number of ether oxygens (including phenoxy) is 1. The van der Waals surface area contributed by atoms with Crippen molar-refractivity contribution in [2.45, 2.75) is 11.8 Å². The van der Waals surface area contributed by atoms with Crippen molar-refractivity contribution in [3.8, 4) is 0 Å². The van der Waals surface area contributed by atoms with Crippen molar-refractivity contribution in [3.05, 3.63) is 58.1 Å². The number of methoxy groups -OCH3 is 1. The Labute approximate surface area is 150 Å². The second-order valence-corrected chi connectivity index (χ2v) is 7.70. The number of aryl methyl sites for hydroxylation is 1. The standard InChI is InChI=1S/C16H15Cl2NO4S/c1-11-3-6-13(7-4-11)24(21,22)19(10-16(20)23-2)15-8-5-12(17)9-14(15)18/h3-9H,10H2,1-2H3. The summed E-state index contributed by atoms with van der Waals surface area (Å²) in [6.45, 7) is 1.34. The molecule has 128 valence electrons. The van der Waals surface area contributed by atoms with E-state index in [1.54, 1.807) is 12.1 Å². The second kappa shape index (κ2) is 7.42. The second-order valence-electron chi connectivity index (χ2n) is 5.00. The molecule has 5 nitrogen and oxygen atoms in total. The number of anilines is 1. The average molecular weight is 388 g/mol. The Bertz CT molecular complexity index is 851. The first-order valence-corrected chi connectivity index (χ1v) is 9.06. The van der Waals surface area contributed by atoms with Crippen LogP contribution in [0.5, 0.6) is 0 Å². The molecule has 0 heterocycles. The molecule has 0 N–H and O–H groups in total. The highest BCUT2D eigenvalue weighted by Crippen LogP contribution is 2.32. The molecule has 0 radical (unpaired) electrons. The quantitative estimate of drug-likeness (QED) is 0.734. The zero-order valence-electron chi connectivity index (χ0n) is 13.0. The van der Waals surface area contributed by atoms with Crippen LogP contribution < -0.4 is 4.31 Å². The highest BCUT2D eigenvalue weighted by atomic mass is 35.5. The summed E-state index contributed by atoms with van der Waals surface area (Å²) >= 11 is 12.0. The average Bonchev–Trinajstić information content (AvgIpc) is 2.53. The van der Waals surface area contributed by atoms with Gasteiger partial charge >= 0.3 is 5.97 Å². The smallest absolute Gasteiger partial charge is 0.326 e. The maximum atomic E-state index is 13.0. The minimum Gasteiger partial charge on any atom is -0.468 e. The topological polar surface area (TPSA) is 63.7 Å². The summed E-state index contributed by atoms with van der Waals surface area (Å²) in [5, 5.41) is 0.469. The molecule has 0 aliphatic rings. The number of nitrogens with zero attached hydrogens (tertiary/aromatic N) is 1. The van der Waals surface area contributed by atoms with Gasteiger partial charge in [0.1, 0.15) is 6.54 Å². The van der Waals surface area contributed by atoms with E-state index in [2.05, 4.69) is 4.74 Å². The molecule has 0 aliphatic carbocycles. The van der Waals surface area contributed by atoms with Gasteiger partial charge in [0.05, 0.1) is 22.7 Å². The lowest BCUT2D eigenvalue weighted by molar-refractivity contribution is -0.138. The molecule has 0 saturated heterocycles. The van der Waals surface area contributed by atoms with Crippen LogP contribution in [0, 0.1) is 6.92 Å². The van der Waals surface area contributed by atoms with E-state index in [9.17, 15) is 13.2 Å². The Morgan fingerprint density at radius 2 is 1.75 bits per heavy atom. The fourth-order valence-electron chi connectivity index (χ4n) is 2.00. The predicted octanol–water partition coefficient (Wildman–Crippen LogP) is 3.67. The molecular formula is C16H15Cl2NO4S. The molecule has 2 rings (SSSR count). The molecule has 2 aromatic rings. The molecule has 0 unspecified atom stereocenters. The van der Waals surface area contributed by atoms with Crippen LogP contribution in [0.2, 0.25) is 10.0 Å². The first-order chi connectivity index (χ1) is 11.3. The van der Waals surface area contributed by atoms with Gasteiger partial charge < -0.3 is 4.74 Å². The molecule has 0 aromatic heterocycles. The fourth-order valence-corrected chi connectivity index (χ4v) is 3.99. The van der Waals surface area contributed by atoms with E-state index >= 15 is 0 Å². The Morgan fingerprint density at radius 3 is 2.29 bits per heavy atom. The van der Waals surface area contributed by atoms with E-state index in [1.807, 2.05) is 6.92 Å². The van der Waals surface area contributed by atoms with Gasteiger partial charge in [0.25, 0.3) is 10.0 Å². The molecule has 0 saturated carbocycles. The summed E-state index contributed by atoms with van der Waals surface area (Å²) in [5.74, 6) is -0.711. The Hall–Kier alpha value is -1.76. The number of halogens is 2. The van der Waals surface area contributed by atoms with Crippen molar-refractivity contribution in [2.75, 3.05) is 18.0 Å². The Balaban J connectivity index is 2.57. The Kier molecular flexibility index (Phi) is 5.74. The molecule has 8 heteroatoms. The van der Waals surface area contributed by atoms with Gasteiger partial charge in [0, 0.05) is 5.02 Å². The van der Waals surface area contributed by atoms with Gasteiger partial charge in [-0.3, -0.25) is 9.10 Å². The van der Waals surface area contributed by atoms with Crippen molar-refractivity contribution in [2.24, 2.45) is 0 Å². The van der Waals surface area contributed by atoms with E-state index in [0.29, 0.717) is 5.02 Å². The van der Waals surface area contributed by atoms with Gasteiger partial charge in [-0.05, 0) is 37.3 Å². The lowest BCUT2D eigenvalue weighted by Gasteiger charge is -2.24. The summed E-state index contributed by atoms with van der Waals surface area (Å²) in [4.78, 5) is 11.8. The normalized spacial score (nSPS) is 11.2. The van der Waals surface area contributed by atoms with Crippen LogP contribution in [-0.4, -0.2) is 28.0 Å². The minimum atomic E-state index is -4.01. The molecule has 0 fully saturated rings. The Morgan fingerprint density at radius 1 is 1.12 bits per heavy atom. The summed E-state index contributed by atoms with van der Waals surface area (Å²) in [7, 11) is -2.82. The maximum absolute atomic E-state index is 13.0. The zero-order valence-corrected chi connectivity index (χ0v) is 15.3. The molecule has 0 amide bonds. The van der Waals surface area contributed by atoms with Crippen LogP contribution in [0.3, 0.4) is 0 Å². The molecule has 0 spiro atoms. The monoisotopic (exact) mass is 387 g/mol. The number of hydrogen-bond donors (Lipinski definition) is 0. The maximum Gasteiger partial charge on any atom is 0.326 e. The molecule has 0 aliphatic heterocycles. The van der Waals surface area contributed by atoms with E-state index in [-0.39, 0.29) is 15.6 Å². The molecule has 24 heavy (non-hydrogen) atoms. The third-order valence-electron chi connectivity index (χ3n) is 3.29. The van der Waals surface area contributed by atoms with Crippen molar-refractivity contribution in [1.29, 1.82) is 0 Å². The molecular weight excluding hydrogens is 373 g/mol. The predicted molar refractivity (Wildman–Crippen MR) is 94.2 cm³/mol. The lowest BCUT2D eigenvalue weighted by Crippen LogP contribution is -2.36. The molecule has 2 aromatic carbocycles. The summed E-state index contributed by atoms with van der Waals surface area (Å²) in [6, 6.07) is 10.6. The number of hydrogen-bond acceptors (Lipinski definition) is 4. The van der Waals surface area contributed by atoms with Crippen molar-refractivity contribution in [1.82, 2.24) is 0 Å². The van der Waals surface area contributed by atoms with Crippen molar-refractivity contribution < 1.29 is 17.9 Å². The molecule has 0 atom stereocenters. The van der Waals surface area contributed by atoms with Crippen LogP contribution in [-0.2, 0) is 19.6 Å². The van der Waals surface area contributed by atoms with Gasteiger partial charge in [-0.15, -0.1) is 0 Å². The van der Waals surface area contributed by atoms with Gasteiger partial charge in [-0.1, -0.05) is 40.9 Å². The third-order valence-corrected chi connectivity index (χ3v) is 5.60. The zero-order chi connectivity index (χ0) is 17.9. The molecule has 0 bridgehead atoms. The summed E-state index contributed by atoms with van der Waals surface area (Å²) in [6.07, 6.45) is 0. The fraction of sp³-hybridized carbons (Fsp3) is 0.188. The largest absolute Gasteiger partial charge is 0.468 e. The number of carbonyl (C=O) groups is 1. The van der Waals surface area contributed by atoms with E-state index in [4.69, 9.17) is 23.2 Å². The number of esters is 1. The van der Waals surface area contributed by atoms with Crippen LogP contribution in [0.4, 0.5) is 5.69 Å². The van der Waals surface area contributed by atoms with Gasteiger partial charge in [-0.2, -0.15) is 0 Å². The van der Waals surface area contributed by atoms with Crippen LogP contribution in [0.15, 0.2) is 47.4 Å². The number of sulfonamides is 1. The summed E-state index contributed by atoms with van der Waals surface area (Å²) < 4.78 is 31.4. The SMILES string of the molecule is COC(=O)CN(c1ccc(Cl)cc1Cl)S(=O)(=O)c1ccc(C)cc1. The van der Waals surface area contributed by atoms with Crippen LogP contribution in [0.25, 0.3) is 0 Å². The van der Waals surface area contributed by atoms with Gasteiger partial charge in [0.2, 0.25) is 0 Å². The van der Waals surface area contributed by atoms with Crippen molar-refractivity contribution in [3.63, 3.8) is 0 Å². The highest BCUT2D eigenvalue weighted by Gasteiger charge is 2.29.